The molecule has 5 nitrogen and oxygen atoms in total. The maximum atomic E-state index is 11.7. The van der Waals surface area contributed by atoms with E-state index in [1.165, 1.54) is 0 Å². The second-order valence-electron chi connectivity index (χ2n) is 4.24. The Balaban J connectivity index is 2.09. The molecule has 2 rings (SSSR count). The number of nitrogens with zero attached hydrogens (tertiary/aromatic N) is 1. The average Bonchev–Trinajstić information content (AvgIpc) is 2.61. The molecule has 84 valence electrons. The second-order valence-corrected chi connectivity index (χ2v) is 4.24. The molecule has 15 heavy (non-hydrogen) atoms. The van der Waals surface area contributed by atoms with E-state index in [1.54, 1.807) is 4.90 Å². The van der Waals surface area contributed by atoms with Gasteiger partial charge in [-0.15, -0.1) is 0 Å². The summed E-state index contributed by atoms with van der Waals surface area (Å²) < 4.78 is 0. The standard InChI is InChI=1S/C10H17N3O2/c11-10(15)8-1-2-9(14)13(8)7-3-5-12-6-4-7/h7-8,12H,1-6H2,(H2,11,15)/t8-/m1/s1. The molecule has 2 heterocycles. The largest absolute Gasteiger partial charge is 0.368 e. The molecule has 2 amide bonds. The zero-order valence-corrected chi connectivity index (χ0v) is 8.74. The van der Waals surface area contributed by atoms with Crippen molar-refractivity contribution < 1.29 is 9.59 Å². The Labute approximate surface area is 89.0 Å². The first-order chi connectivity index (χ1) is 7.20. The first kappa shape index (κ1) is 10.4. The van der Waals surface area contributed by atoms with Crippen LogP contribution in [0.15, 0.2) is 0 Å². The van der Waals surface area contributed by atoms with Gasteiger partial charge in [-0.05, 0) is 32.4 Å². The number of nitrogens with one attached hydrogen (secondary N) is 1. The molecule has 1 atom stereocenters. The minimum Gasteiger partial charge on any atom is -0.368 e. The molecule has 2 aliphatic heterocycles. The van der Waals surface area contributed by atoms with Crippen LogP contribution in [0.3, 0.4) is 0 Å². The first-order valence-electron chi connectivity index (χ1n) is 5.51. The normalized spacial score (nSPS) is 28.4. The summed E-state index contributed by atoms with van der Waals surface area (Å²) in [7, 11) is 0. The molecule has 2 fully saturated rings. The number of carbonyl (C=O) groups excluding carboxylic acids is 2. The Kier molecular flexibility index (Phi) is 2.90. The number of piperidine rings is 1. The van der Waals surface area contributed by atoms with Gasteiger partial charge >= 0.3 is 0 Å². The Bertz CT molecular complexity index is 274. The van der Waals surface area contributed by atoms with Gasteiger partial charge in [0, 0.05) is 12.5 Å². The molecule has 5 heteroatoms. The smallest absolute Gasteiger partial charge is 0.240 e. The van der Waals surface area contributed by atoms with Crippen LogP contribution >= 0.6 is 0 Å². The zero-order chi connectivity index (χ0) is 10.8. The molecular formula is C10H17N3O2. The fraction of sp³-hybridized carbons (Fsp3) is 0.800. The summed E-state index contributed by atoms with van der Waals surface area (Å²) in [5, 5.41) is 3.24. The Morgan fingerprint density at radius 1 is 1.33 bits per heavy atom. The molecule has 0 saturated carbocycles. The minimum absolute atomic E-state index is 0.0886. The highest BCUT2D eigenvalue weighted by molar-refractivity contribution is 5.90. The van der Waals surface area contributed by atoms with E-state index < -0.39 is 0 Å². The lowest BCUT2D eigenvalue weighted by atomic mass is 10.0. The van der Waals surface area contributed by atoms with Gasteiger partial charge in [-0.3, -0.25) is 9.59 Å². The van der Waals surface area contributed by atoms with Crippen LogP contribution in [-0.4, -0.2) is 41.9 Å². The lowest BCUT2D eigenvalue weighted by Crippen LogP contribution is -2.51. The third-order valence-electron chi connectivity index (χ3n) is 3.29. The van der Waals surface area contributed by atoms with Crippen LogP contribution in [0.5, 0.6) is 0 Å². The number of amides is 2. The molecule has 2 saturated heterocycles. The summed E-state index contributed by atoms with van der Waals surface area (Å²) in [5.74, 6) is -0.273. The third-order valence-corrected chi connectivity index (χ3v) is 3.29. The summed E-state index contributed by atoms with van der Waals surface area (Å²) in [6, 6.07) is -0.153. The molecule has 0 aromatic carbocycles. The summed E-state index contributed by atoms with van der Waals surface area (Å²) >= 11 is 0. The lowest BCUT2D eigenvalue weighted by Gasteiger charge is -2.34. The molecule has 0 aliphatic carbocycles. The predicted octanol–water partition coefficient (Wildman–Crippen LogP) is -0.785. The van der Waals surface area contributed by atoms with E-state index in [1.807, 2.05) is 0 Å². The first-order valence-corrected chi connectivity index (χ1v) is 5.51. The van der Waals surface area contributed by atoms with Gasteiger partial charge in [-0.1, -0.05) is 0 Å². The van der Waals surface area contributed by atoms with Crippen molar-refractivity contribution in [3.05, 3.63) is 0 Å². The highest BCUT2D eigenvalue weighted by atomic mass is 16.2. The molecule has 0 aromatic rings. The van der Waals surface area contributed by atoms with Crippen LogP contribution in [0, 0.1) is 0 Å². The van der Waals surface area contributed by atoms with Gasteiger partial charge < -0.3 is 16.0 Å². The van der Waals surface area contributed by atoms with Gasteiger partial charge in [0.15, 0.2) is 0 Å². The topological polar surface area (TPSA) is 75.4 Å². The van der Waals surface area contributed by atoms with Gasteiger partial charge in [0.2, 0.25) is 11.8 Å². The summed E-state index contributed by atoms with van der Waals surface area (Å²) in [6.45, 7) is 1.83. The van der Waals surface area contributed by atoms with Gasteiger partial charge in [0.05, 0.1) is 0 Å². The van der Waals surface area contributed by atoms with Crippen molar-refractivity contribution >= 4 is 11.8 Å². The van der Waals surface area contributed by atoms with E-state index in [-0.39, 0.29) is 23.9 Å². The summed E-state index contributed by atoms with van der Waals surface area (Å²) in [6.07, 6.45) is 2.92. The van der Waals surface area contributed by atoms with Gasteiger partial charge in [-0.25, -0.2) is 0 Å². The Morgan fingerprint density at radius 2 is 2.00 bits per heavy atom. The number of carbonyl (C=O) groups is 2. The van der Waals surface area contributed by atoms with Crippen molar-refractivity contribution in [3.63, 3.8) is 0 Å². The van der Waals surface area contributed by atoms with E-state index in [0.29, 0.717) is 12.8 Å². The average molecular weight is 211 g/mol. The van der Waals surface area contributed by atoms with Crippen molar-refractivity contribution in [1.29, 1.82) is 0 Å². The van der Waals surface area contributed by atoms with E-state index in [2.05, 4.69) is 5.32 Å². The molecule has 0 bridgehead atoms. The van der Waals surface area contributed by atoms with Gasteiger partial charge in [-0.2, -0.15) is 0 Å². The lowest BCUT2D eigenvalue weighted by molar-refractivity contribution is -0.136. The predicted molar refractivity (Wildman–Crippen MR) is 55.0 cm³/mol. The molecule has 3 N–H and O–H groups in total. The van der Waals surface area contributed by atoms with Crippen molar-refractivity contribution in [3.8, 4) is 0 Å². The highest BCUT2D eigenvalue weighted by Gasteiger charge is 2.39. The van der Waals surface area contributed by atoms with E-state index >= 15 is 0 Å². The van der Waals surface area contributed by atoms with Gasteiger partial charge in [0.25, 0.3) is 0 Å². The van der Waals surface area contributed by atoms with E-state index in [4.69, 9.17) is 5.73 Å². The second kappa shape index (κ2) is 4.18. The van der Waals surface area contributed by atoms with Crippen molar-refractivity contribution in [2.75, 3.05) is 13.1 Å². The van der Waals surface area contributed by atoms with Crippen LogP contribution in [0.1, 0.15) is 25.7 Å². The molecular weight excluding hydrogens is 194 g/mol. The fourth-order valence-electron chi connectivity index (χ4n) is 2.52. The SMILES string of the molecule is NC(=O)[C@H]1CCC(=O)N1C1CCNCC1. The molecule has 0 radical (unpaired) electrons. The van der Waals surface area contributed by atoms with Crippen LogP contribution < -0.4 is 11.1 Å². The maximum Gasteiger partial charge on any atom is 0.240 e. The Hall–Kier alpha value is -1.10. The van der Waals surface area contributed by atoms with Crippen LogP contribution in [0.2, 0.25) is 0 Å². The maximum absolute atomic E-state index is 11.7. The molecule has 0 spiro atoms. The van der Waals surface area contributed by atoms with Gasteiger partial charge in [0.1, 0.15) is 6.04 Å². The molecule has 0 unspecified atom stereocenters. The molecule has 2 aliphatic rings. The number of likely N-dealkylation sites (tertiary alicyclic amines) is 1. The van der Waals surface area contributed by atoms with Crippen LogP contribution in [0.4, 0.5) is 0 Å². The third kappa shape index (κ3) is 1.97. The number of nitrogens with two attached hydrogens (primary N) is 1. The molecule has 0 aromatic heterocycles. The quantitative estimate of drug-likeness (QED) is 0.629. The number of rotatable bonds is 2. The number of hydrogen-bond acceptors (Lipinski definition) is 3. The van der Waals surface area contributed by atoms with E-state index in [0.717, 1.165) is 25.9 Å². The monoisotopic (exact) mass is 211 g/mol. The van der Waals surface area contributed by atoms with Crippen LogP contribution in [-0.2, 0) is 9.59 Å². The zero-order valence-electron chi connectivity index (χ0n) is 8.74. The number of primary amides is 1. The number of hydrogen-bond donors (Lipinski definition) is 2. The fourth-order valence-corrected chi connectivity index (χ4v) is 2.52. The van der Waals surface area contributed by atoms with Crippen molar-refractivity contribution in [1.82, 2.24) is 10.2 Å². The van der Waals surface area contributed by atoms with Crippen LogP contribution in [0.25, 0.3) is 0 Å². The van der Waals surface area contributed by atoms with Crippen molar-refractivity contribution in [2.45, 2.75) is 37.8 Å². The minimum atomic E-state index is -0.362. The summed E-state index contributed by atoms with van der Waals surface area (Å²) in [4.78, 5) is 24.6. The Morgan fingerprint density at radius 3 is 2.60 bits per heavy atom. The van der Waals surface area contributed by atoms with E-state index in [9.17, 15) is 9.59 Å². The van der Waals surface area contributed by atoms with Crippen molar-refractivity contribution in [2.24, 2.45) is 5.73 Å². The summed E-state index contributed by atoms with van der Waals surface area (Å²) in [5.41, 5.74) is 5.31. The highest BCUT2D eigenvalue weighted by Crippen LogP contribution is 2.25.